The fraction of sp³-hybridized carbons (Fsp3) is 0.323. The number of fused-ring (bicyclic) bond motifs is 1. The van der Waals surface area contributed by atoms with Crippen molar-refractivity contribution < 1.29 is 18.7 Å². The second-order valence-corrected chi connectivity index (χ2v) is 10.8. The number of methoxy groups -OCH3 is 1. The highest BCUT2D eigenvalue weighted by Crippen LogP contribution is 2.50. The van der Waals surface area contributed by atoms with Crippen molar-refractivity contribution in [2.24, 2.45) is 5.73 Å². The predicted molar refractivity (Wildman–Crippen MR) is 153 cm³/mol. The van der Waals surface area contributed by atoms with Crippen LogP contribution in [0.5, 0.6) is 11.5 Å². The topological polar surface area (TPSA) is 85.0 Å². The number of rotatable bonds is 5. The van der Waals surface area contributed by atoms with Gasteiger partial charge in [0.25, 0.3) is 5.91 Å². The van der Waals surface area contributed by atoms with E-state index in [1.54, 1.807) is 7.11 Å². The molecule has 8 nitrogen and oxygen atoms in total. The van der Waals surface area contributed by atoms with E-state index >= 15 is 0 Å². The molecular formula is C31H32FN5O3. The number of nitrogens with zero attached hydrogens (tertiary/aromatic N) is 3. The van der Waals surface area contributed by atoms with Crippen LogP contribution in [0.15, 0.2) is 60.7 Å². The highest BCUT2D eigenvalue weighted by atomic mass is 19.1. The lowest BCUT2D eigenvalue weighted by Gasteiger charge is -2.33. The van der Waals surface area contributed by atoms with Crippen molar-refractivity contribution in [1.82, 2.24) is 9.47 Å². The van der Waals surface area contributed by atoms with Crippen LogP contribution in [0, 0.1) is 5.82 Å². The molecule has 9 heteroatoms. The van der Waals surface area contributed by atoms with Crippen LogP contribution in [0.2, 0.25) is 0 Å². The first kappa shape index (κ1) is 24.8. The first-order chi connectivity index (χ1) is 19.5. The molecule has 3 N–H and O–H groups in total. The van der Waals surface area contributed by atoms with Gasteiger partial charge in [-0.15, -0.1) is 0 Å². The highest BCUT2D eigenvalue weighted by Gasteiger charge is 2.38. The molecule has 206 valence electrons. The summed E-state index contributed by atoms with van der Waals surface area (Å²) in [5, 5.41) is 4.79. The van der Waals surface area contributed by atoms with E-state index in [9.17, 15) is 9.18 Å². The molecule has 0 spiro atoms. The third kappa shape index (κ3) is 4.21. The SMILES string of the molecule is COc1ccc2cc([C@@H]3Nc4cc(C(=O)N5CCCC(N)C5)cc5c4N3CCO5)n(Cc3ccc(F)cc3)c2c1. The van der Waals surface area contributed by atoms with Crippen molar-refractivity contribution in [1.29, 1.82) is 0 Å². The third-order valence-electron chi connectivity index (χ3n) is 8.23. The number of hydrogen-bond donors (Lipinski definition) is 2. The average molecular weight is 542 g/mol. The summed E-state index contributed by atoms with van der Waals surface area (Å²) >= 11 is 0. The fourth-order valence-electron chi connectivity index (χ4n) is 6.27. The van der Waals surface area contributed by atoms with Gasteiger partial charge in [0.15, 0.2) is 0 Å². The number of halogens is 1. The van der Waals surface area contributed by atoms with Crippen molar-refractivity contribution in [3.8, 4) is 11.5 Å². The van der Waals surface area contributed by atoms with Crippen LogP contribution < -0.4 is 25.4 Å². The number of aromatic nitrogens is 1. The molecule has 0 radical (unpaired) electrons. The first-order valence-corrected chi connectivity index (χ1v) is 13.8. The molecule has 3 aromatic carbocycles. The van der Waals surface area contributed by atoms with Gasteiger partial charge in [-0.3, -0.25) is 4.79 Å². The predicted octanol–water partition coefficient (Wildman–Crippen LogP) is 4.72. The Balaban J connectivity index is 1.29. The number of likely N-dealkylation sites (tertiary alicyclic amines) is 1. The van der Waals surface area contributed by atoms with Crippen molar-refractivity contribution >= 4 is 28.2 Å². The van der Waals surface area contributed by atoms with Crippen LogP contribution in [0.3, 0.4) is 0 Å². The van der Waals surface area contributed by atoms with E-state index < -0.39 is 0 Å². The maximum Gasteiger partial charge on any atom is 0.254 e. The Hall–Kier alpha value is -4.24. The number of benzene rings is 3. The van der Waals surface area contributed by atoms with Gasteiger partial charge < -0.3 is 34.9 Å². The number of carbonyl (C=O) groups is 1. The minimum Gasteiger partial charge on any atom is -0.497 e. The Kier molecular flexibility index (Phi) is 6.04. The van der Waals surface area contributed by atoms with Crippen molar-refractivity contribution in [2.75, 3.05) is 43.6 Å². The standard InChI is InChI=1S/C31H32FN5O3/c1-39-24-9-6-20-14-27(37(26(20)16-24)17-19-4-7-22(32)8-5-19)30-34-25-13-21(15-28-29(25)36(30)11-12-40-28)31(38)35-10-2-3-23(33)18-35/h4-9,13-16,23,30,34H,2-3,10-12,17-18,33H2,1H3/t23?,30-/m1/s1. The summed E-state index contributed by atoms with van der Waals surface area (Å²) in [5.74, 6) is 1.21. The van der Waals surface area contributed by atoms with Crippen LogP contribution in [-0.4, -0.2) is 54.8 Å². The molecule has 1 fully saturated rings. The number of nitrogens with two attached hydrogens (primary N) is 1. The van der Waals surface area contributed by atoms with Gasteiger partial charge in [0, 0.05) is 42.7 Å². The molecule has 2 atom stereocenters. The summed E-state index contributed by atoms with van der Waals surface area (Å²) < 4.78 is 27.6. The molecule has 1 unspecified atom stereocenters. The van der Waals surface area contributed by atoms with Gasteiger partial charge in [0.1, 0.15) is 35.8 Å². The molecule has 4 heterocycles. The van der Waals surface area contributed by atoms with Crippen molar-refractivity contribution in [2.45, 2.75) is 31.6 Å². The van der Waals surface area contributed by atoms with Crippen LogP contribution in [-0.2, 0) is 6.54 Å². The minimum atomic E-state index is -0.256. The second-order valence-electron chi connectivity index (χ2n) is 10.8. The number of anilines is 2. The maximum atomic E-state index is 13.7. The lowest BCUT2D eigenvalue weighted by Crippen LogP contribution is -2.45. The summed E-state index contributed by atoms with van der Waals surface area (Å²) in [5.41, 5.74) is 11.7. The summed E-state index contributed by atoms with van der Waals surface area (Å²) in [6.45, 7) is 3.07. The molecule has 3 aliphatic rings. The lowest BCUT2D eigenvalue weighted by molar-refractivity contribution is 0.0708. The molecule has 40 heavy (non-hydrogen) atoms. The number of hydrogen-bond acceptors (Lipinski definition) is 6. The van der Waals surface area contributed by atoms with Gasteiger partial charge in [-0.25, -0.2) is 4.39 Å². The number of ether oxygens (including phenoxy) is 2. The van der Waals surface area contributed by atoms with Gasteiger partial charge in [0.05, 0.1) is 30.6 Å². The van der Waals surface area contributed by atoms with Crippen molar-refractivity contribution in [3.05, 3.63) is 83.3 Å². The van der Waals surface area contributed by atoms with E-state index in [1.807, 2.05) is 41.3 Å². The smallest absolute Gasteiger partial charge is 0.254 e. The molecule has 4 aromatic rings. The maximum absolute atomic E-state index is 13.7. The van der Waals surface area contributed by atoms with Gasteiger partial charge in [0.2, 0.25) is 0 Å². The Labute approximate surface area is 232 Å². The second kappa shape index (κ2) is 9.75. The van der Waals surface area contributed by atoms with E-state index in [2.05, 4.69) is 26.9 Å². The Morgan fingerprint density at radius 3 is 2.77 bits per heavy atom. The Morgan fingerprint density at radius 2 is 1.98 bits per heavy atom. The van der Waals surface area contributed by atoms with E-state index in [0.29, 0.717) is 37.6 Å². The molecule has 0 saturated carbocycles. The highest BCUT2D eigenvalue weighted by molar-refractivity contribution is 5.99. The first-order valence-electron chi connectivity index (χ1n) is 13.8. The average Bonchev–Trinajstić information content (AvgIpc) is 3.52. The summed E-state index contributed by atoms with van der Waals surface area (Å²) in [6.07, 6.45) is 1.68. The molecule has 7 rings (SSSR count). The zero-order valence-corrected chi connectivity index (χ0v) is 22.4. The number of nitrogens with one attached hydrogen (secondary N) is 1. The molecule has 0 bridgehead atoms. The molecule has 0 aliphatic carbocycles. The molecule has 1 aromatic heterocycles. The van der Waals surface area contributed by atoms with Gasteiger partial charge in [-0.1, -0.05) is 12.1 Å². The minimum absolute atomic E-state index is 0.0152. The van der Waals surface area contributed by atoms with Crippen LogP contribution in [0.1, 0.15) is 40.6 Å². The largest absolute Gasteiger partial charge is 0.497 e. The lowest BCUT2D eigenvalue weighted by atomic mass is 10.0. The number of carbonyl (C=O) groups excluding carboxylic acids is 1. The molecule has 3 aliphatic heterocycles. The summed E-state index contributed by atoms with van der Waals surface area (Å²) in [6, 6.07) is 18.7. The molecular weight excluding hydrogens is 509 g/mol. The fourth-order valence-corrected chi connectivity index (χ4v) is 6.27. The third-order valence-corrected chi connectivity index (χ3v) is 8.23. The van der Waals surface area contributed by atoms with E-state index in [4.69, 9.17) is 15.2 Å². The summed E-state index contributed by atoms with van der Waals surface area (Å²) in [4.78, 5) is 17.6. The zero-order valence-electron chi connectivity index (χ0n) is 22.4. The Morgan fingerprint density at radius 1 is 1.12 bits per heavy atom. The van der Waals surface area contributed by atoms with Crippen LogP contribution in [0.4, 0.5) is 15.8 Å². The van der Waals surface area contributed by atoms with E-state index in [-0.39, 0.29) is 23.9 Å². The van der Waals surface area contributed by atoms with Crippen LogP contribution >= 0.6 is 0 Å². The van der Waals surface area contributed by atoms with Crippen LogP contribution in [0.25, 0.3) is 10.9 Å². The summed E-state index contributed by atoms with van der Waals surface area (Å²) in [7, 11) is 1.66. The molecule has 1 saturated heterocycles. The molecule has 1 amide bonds. The van der Waals surface area contributed by atoms with Gasteiger partial charge in [-0.05, 0) is 60.9 Å². The zero-order chi connectivity index (χ0) is 27.4. The van der Waals surface area contributed by atoms with Gasteiger partial charge >= 0.3 is 0 Å². The number of amides is 1. The quantitative estimate of drug-likeness (QED) is 0.380. The Bertz CT molecular complexity index is 1600. The van der Waals surface area contributed by atoms with Gasteiger partial charge in [-0.2, -0.15) is 0 Å². The normalized spacial score (nSPS) is 19.8. The monoisotopic (exact) mass is 541 g/mol. The van der Waals surface area contributed by atoms with E-state index in [0.717, 1.165) is 58.7 Å². The van der Waals surface area contributed by atoms with E-state index in [1.165, 1.54) is 12.1 Å². The van der Waals surface area contributed by atoms with Crippen molar-refractivity contribution in [3.63, 3.8) is 0 Å². The number of piperidine rings is 1.